The molecule has 1 fully saturated rings. The van der Waals surface area contributed by atoms with Crippen LogP contribution in [0.4, 0.5) is 0 Å². The smallest absolute Gasteiger partial charge is 0.0468 e. The summed E-state index contributed by atoms with van der Waals surface area (Å²) < 4.78 is 11.3. The van der Waals surface area contributed by atoms with Crippen LogP contribution in [-0.4, -0.2) is 21.8 Å². The first-order valence-corrected chi connectivity index (χ1v) is 8.36. The van der Waals surface area contributed by atoms with Crippen LogP contribution in [0.2, 0.25) is 10.0 Å². The minimum atomic E-state index is -0.611. The number of hydrogen-bond acceptors (Lipinski definition) is 2. The highest BCUT2D eigenvalue weighted by atomic mass is 35.5. The van der Waals surface area contributed by atoms with E-state index < -0.39 is 10.8 Å². The van der Waals surface area contributed by atoms with Gasteiger partial charge in [-0.1, -0.05) is 29.3 Å². The summed E-state index contributed by atoms with van der Waals surface area (Å²) in [5.74, 6) is 1.61. The van der Waals surface area contributed by atoms with Crippen molar-refractivity contribution in [3.63, 3.8) is 0 Å². The standard InChI is InChI=1S/C13H17Cl2NOS/c1-9(12-3-2-10(14)8-13(12)15)16-11-4-6-18(17)7-5-11/h2-3,8-9,11,16H,4-7H2,1H3. The fourth-order valence-electron chi connectivity index (χ4n) is 2.26. The first-order valence-electron chi connectivity index (χ1n) is 6.12. The van der Waals surface area contributed by atoms with Crippen LogP contribution in [0.3, 0.4) is 0 Å². The van der Waals surface area contributed by atoms with E-state index in [1.165, 1.54) is 0 Å². The lowest BCUT2D eigenvalue weighted by Gasteiger charge is -2.27. The van der Waals surface area contributed by atoms with E-state index in [9.17, 15) is 4.21 Å². The van der Waals surface area contributed by atoms with Crippen molar-refractivity contribution in [2.75, 3.05) is 11.5 Å². The van der Waals surface area contributed by atoms with Crippen molar-refractivity contribution < 1.29 is 4.21 Å². The third-order valence-corrected chi connectivity index (χ3v) is 5.25. The fraction of sp³-hybridized carbons (Fsp3) is 0.538. The van der Waals surface area contributed by atoms with E-state index >= 15 is 0 Å². The molecule has 1 saturated heterocycles. The topological polar surface area (TPSA) is 29.1 Å². The van der Waals surface area contributed by atoms with Crippen LogP contribution < -0.4 is 5.32 Å². The Kier molecular flexibility index (Phi) is 5.07. The molecule has 2 rings (SSSR count). The maximum absolute atomic E-state index is 11.3. The molecule has 5 heteroatoms. The van der Waals surface area contributed by atoms with Crippen LogP contribution in [0, 0.1) is 0 Å². The van der Waals surface area contributed by atoms with Crippen molar-refractivity contribution >= 4 is 34.0 Å². The summed E-state index contributed by atoms with van der Waals surface area (Å²) in [5, 5.41) is 4.91. The molecule has 1 heterocycles. The quantitative estimate of drug-likeness (QED) is 0.925. The summed E-state index contributed by atoms with van der Waals surface area (Å²) in [6.07, 6.45) is 1.95. The Morgan fingerprint density at radius 2 is 2.00 bits per heavy atom. The van der Waals surface area contributed by atoms with Crippen molar-refractivity contribution in [2.24, 2.45) is 0 Å². The van der Waals surface area contributed by atoms with Crippen LogP contribution in [0.1, 0.15) is 31.4 Å². The van der Waals surface area contributed by atoms with E-state index in [2.05, 4.69) is 12.2 Å². The number of nitrogens with one attached hydrogen (secondary N) is 1. The van der Waals surface area contributed by atoms with Gasteiger partial charge in [0.25, 0.3) is 0 Å². The van der Waals surface area contributed by atoms with Gasteiger partial charge in [-0.25, -0.2) is 0 Å². The highest BCUT2D eigenvalue weighted by Gasteiger charge is 2.20. The fourth-order valence-corrected chi connectivity index (χ4v) is 4.13. The van der Waals surface area contributed by atoms with Crippen LogP contribution in [0.25, 0.3) is 0 Å². The van der Waals surface area contributed by atoms with E-state index in [0.29, 0.717) is 16.1 Å². The Bertz CT molecular complexity index is 443. The van der Waals surface area contributed by atoms with Crippen molar-refractivity contribution in [2.45, 2.75) is 31.8 Å². The minimum absolute atomic E-state index is 0.186. The average Bonchev–Trinajstić information content (AvgIpc) is 2.32. The molecule has 18 heavy (non-hydrogen) atoms. The zero-order valence-electron chi connectivity index (χ0n) is 10.3. The molecule has 100 valence electrons. The van der Waals surface area contributed by atoms with Gasteiger partial charge in [0.2, 0.25) is 0 Å². The van der Waals surface area contributed by atoms with Crippen molar-refractivity contribution in [1.29, 1.82) is 0 Å². The summed E-state index contributed by atoms with van der Waals surface area (Å²) in [4.78, 5) is 0. The monoisotopic (exact) mass is 305 g/mol. The van der Waals surface area contributed by atoms with Gasteiger partial charge in [-0.3, -0.25) is 4.21 Å². The molecule has 1 aromatic rings. The molecule has 0 amide bonds. The number of hydrogen-bond donors (Lipinski definition) is 1. The van der Waals surface area contributed by atoms with E-state index in [1.54, 1.807) is 6.07 Å². The summed E-state index contributed by atoms with van der Waals surface area (Å²) in [5.41, 5.74) is 1.06. The molecule has 1 aromatic carbocycles. The van der Waals surface area contributed by atoms with E-state index in [0.717, 1.165) is 29.9 Å². The molecule has 1 atom stereocenters. The predicted molar refractivity (Wildman–Crippen MR) is 78.9 cm³/mol. The van der Waals surface area contributed by atoms with Gasteiger partial charge >= 0.3 is 0 Å². The highest BCUT2D eigenvalue weighted by molar-refractivity contribution is 7.85. The Balaban J connectivity index is 1.98. The Hall–Kier alpha value is -0.0900. The molecule has 1 aliphatic rings. The molecule has 0 bridgehead atoms. The normalized spacial score (nSPS) is 25.9. The first kappa shape index (κ1) is 14.3. The second-order valence-electron chi connectivity index (χ2n) is 4.68. The maximum Gasteiger partial charge on any atom is 0.0468 e. The lowest BCUT2D eigenvalue weighted by Crippen LogP contribution is -2.37. The van der Waals surface area contributed by atoms with E-state index in [-0.39, 0.29) is 6.04 Å². The predicted octanol–water partition coefficient (Wildman–Crippen LogP) is 3.56. The summed E-state index contributed by atoms with van der Waals surface area (Å²) in [7, 11) is -0.611. The van der Waals surface area contributed by atoms with Gasteiger partial charge < -0.3 is 5.32 Å². The summed E-state index contributed by atoms with van der Waals surface area (Å²) in [6.45, 7) is 2.10. The summed E-state index contributed by atoms with van der Waals surface area (Å²) in [6, 6.07) is 6.21. The lowest BCUT2D eigenvalue weighted by atomic mass is 10.1. The first-order chi connectivity index (χ1) is 8.56. The van der Waals surface area contributed by atoms with Crippen LogP contribution >= 0.6 is 23.2 Å². The molecule has 0 aliphatic carbocycles. The van der Waals surface area contributed by atoms with E-state index in [1.807, 2.05) is 12.1 Å². The number of benzene rings is 1. The second-order valence-corrected chi connectivity index (χ2v) is 7.22. The zero-order valence-corrected chi connectivity index (χ0v) is 12.6. The molecular weight excluding hydrogens is 289 g/mol. The van der Waals surface area contributed by atoms with Gasteiger partial charge in [0, 0.05) is 44.4 Å². The summed E-state index contributed by atoms with van der Waals surface area (Å²) >= 11 is 12.1. The van der Waals surface area contributed by atoms with Gasteiger partial charge in [-0.15, -0.1) is 0 Å². The lowest BCUT2D eigenvalue weighted by molar-refractivity contribution is 0.427. The molecular formula is C13H17Cl2NOS. The largest absolute Gasteiger partial charge is 0.307 e. The van der Waals surface area contributed by atoms with Crippen LogP contribution in [0.5, 0.6) is 0 Å². The number of halogens is 2. The average molecular weight is 306 g/mol. The highest BCUT2D eigenvalue weighted by Crippen LogP contribution is 2.27. The minimum Gasteiger partial charge on any atom is -0.307 e. The molecule has 1 N–H and O–H groups in total. The molecule has 1 unspecified atom stereocenters. The Morgan fingerprint density at radius 1 is 1.33 bits per heavy atom. The van der Waals surface area contributed by atoms with Gasteiger partial charge in [0.05, 0.1) is 0 Å². The van der Waals surface area contributed by atoms with Gasteiger partial charge in [0.15, 0.2) is 0 Å². The zero-order chi connectivity index (χ0) is 13.1. The Labute approximate surface area is 121 Å². The van der Waals surface area contributed by atoms with Gasteiger partial charge in [0.1, 0.15) is 0 Å². The second kappa shape index (κ2) is 6.38. The number of rotatable bonds is 3. The van der Waals surface area contributed by atoms with Gasteiger partial charge in [-0.2, -0.15) is 0 Å². The van der Waals surface area contributed by atoms with Crippen LogP contribution in [0.15, 0.2) is 18.2 Å². The van der Waals surface area contributed by atoms with Crippen molar-refractivity contribution in [3.8, 4) is 0 Å². The molecule has 1 aliphatic heterocycles. The molecule has 0 saturated carbocycles. The molecule has 0 radical (unpaired) electrons. The SMILES string of the molecule is CC(NC1CCS(=O)CC1)c1ccc(Cl)cc1Cl. The molecule has 2 nitrogen and oxygen atoms in total. The third-order valence-electron chi connectivity index (χ3n) is 3.30. The van der Waals surface area contributed by atoms with Crippen molar-refractivity contribution in [3.05, 3.63) is 33.8 Å². The van der Waals surface area contributed by atoms with E-state index in [4.69, 9.17) is 23.2 Å². The molecule has 0 spiro atoms. The third kappa shape index (κ3) is 3.70. The van der Waals surface area contributed by atoms with Gasteiger partial charge in [-0.05, 0) is 37.5 Å². The molecule has 0 aromatic heterocycles. The Morgan fingerprint density at radius 3 is 2.61 bits per heavy atom. The maximum atomic E-state index is 11.3. The van der Waals surface area contributed by atoms with Crippen LogP contribution in [-0.2, 0) is 10.8 Å². The van der Waals surface area contributed by atoms with Crippen molar-refractivity contribution in [1.82, 2.24) is 5.32 Å².